The molecule has 2 aromatic rings. The normalized spacial score (nSPS) is 22.8. The Balaban J connectivity index is 1.84. The van der Waals surface area contributed by atoms with Gasteiger partial charge in [0.1, 0.15) is 12.1 Å². The summed E-state index contributed by atoms with van der Waals surface area (Å²) in [4.78, 5) is 10.9. The fraction of sp³-hybridized carbons (Fsp3) is 0.429. The van der Waals surface area contributed by atoms with Gasteiger partial charge in [-0.2, -0.15) is 0 Å². The van der Waals surface area contributed by atoms with Crippen molar-refractivity contribution >= 4 is 28.3 Å². The van der Waals surface area contributed by atoms with Crippen molar-refractivity contribution in [2.45, 2.75) is 18.2 Å². The highest BCUT2D eigenvalue weighted by Gasteiger charge is 2.28. The van der Waals surface area contributed by atoms with Gasteiger partial charge >= 0.3 is 0 Å². The molecule has 0 amide bonds. The summed E-state index contributed by atoms with van der Waals surface area (Å²) < 4.78 is 0. The van der Waals surface area contributed by atoms with Gasteiger partial charge in [0.2, 0.25) is 0 Å². The number of benzene rings is 1. The molecule has 1 fully saturated rings. The van der Waals surface area contributed by atoms with Crippen LogP contribution < -0.4 is 4.90 Å². The third-order valence-electron chi connectivity index (χ3n) is 3.59. The monoisotopic (exact) mass is 261 g/mol. The number of nitrogens with zero attached hydrogens (tertiary/aromatic N) is 3. The largest absolute Gasteiger partial charge is 0.359 e. The standard InChI is InChI=1S/C14H16ClN3/c1-18(8-10-6-11(15)7-10)14-12-4-2-3-5-13(12)16-9-17-14/h2-5,9-11H,6-8H2,1H3. The molecule has 0 bridgehead atoms. The zero-order chi connectivity index (χ0) is 12.5. The second-order valence-corrected chi connectivity index (χ2v) is 5.65. The topological polar surface area (TPSA) is 29.0 Å². The Kier molecular flexibility index (Phi) is 3.08. The fourth-order valence-electron chi connectivity index (χ4n) is 2.57. The summed E-state index contributed by atoms with van der Waals surface area (Å²) in [5.74, 6) is 1.71. The Labute approximate surface area is 112 Å². The van der Waals surface area contributed by atoms with Crippen LogP contribution in [-0.4, -0.2) is 28.9 Å². The van der Waals surface area contributed by atoms with Crippen molar-refractivity contribution in [1.29, 1.82) is 0 Å². The summed E-state index contributed by atoms with van der Waals surface area (Å²) in [5, 5.41) is 1.50. The van der Waals surface area contributed by atoms with Crippen molar-refractivity contribution in [1.82, 2.24) is 9.97 Å². The smallest absolute Gasteiger partial charge is 0.139 e. The van der Waals surface area contributed by atoms with Gasteiger partial charge in [0, 0.05) is 24.4 Å². The molecule has 0 spiro atoms. The number of alkyl halides is 1. The van der Waals surface area contributed by atoms with Gasteiger partial charge in [0.25, 0.3) is 0 Å². The van der Waals surface area contributed by atoms with Crippen LogP contribution in [0, 0.1) is 5.92 Å². The number of hydrogen-bond donors (Lipinski definition) is 0. The van der Waals surface area contributed by atoms with Gasteiger partial charge in [-0.25, -0.2) is 9.97 Å². The first kappa shape index (κ1) is 11.7. The van der Waals surface area contributed by atoms with Gasteiger partial charge in [0.05, 0.1) is 5.52 Å². The van der Waals surface area contributed by atoms with Gasteiger partial charge in [-0.3, -0.25) is 0 Å². The molecule has 0 unspecified atom stereocenters. The molecular weight excluding hydrogens is 246 g/mol. The number of para-hydroxylation sites is 1. The third-order valence-corrected chi connectivity index (χ3v) is 3.95. The molecule has 0 N–H and O–H groups in total. The van der Waals surface area contributed by atoms with Crippen molar-refractivity contribution < 1.29 is 0 Å². The quantitative estimate of drug-likeness (QED) is 0.795. The molecule has 0 radical (unpaired) electrons. The van der Waals surface area contributed by atoms with E-state index in [9.17, 15) is 0 Å². The van der Waals surface area contributed by atoms with E-state index in [1.54, 1.807) is 6.33 Å². The van der Waals surface area contributed by atoms with Crippen molar-refractivity contribution in [3.05, 3.63) is 30.6 Å². The summed E-state index contributed by atoms with van der Waals surface area (Å²) in [6, 6.07) is 8.13. The Morgan fingerprint density at radius 1 is 1.28 bits per heavy atom. The van der Waals surface area contributed by atoms with E-state index in [4.69, 9.17) is 11.6 Å². The molecule has 1 aromatic carbocycles. The van der Waals surface area contributed by atoms with Gasteiger partial charge < -0.3 is 4.90 Å². The van der Waals surface area contributed by atoms with Gasteiger partial charge in [0.15, 0.2) is 0 Å². The van der Waals surface area contributed by atoms with Crippen LogP contribution in [0.25, 0.3) is 10.9 Å². The average molecular weight is 262 g/mol. The molecule has 1 heterocycles. The SMILES string of the molecule is CN(CC1CC(Cl)C1)c1ncnc2ccccc12. The fourth-order valence-corrected chi connectivity index (χ4v) is 3.08. The molecular formula is C14H16ClN3. The summed E-state index contributed by atoms with van der Waals surface area (Å²) >= 11 is 6.02. The number of anilines is 1. The maximum atomic E-state index is 6.02. The maximum Gasteiger partial charge on any atom is 0.139 e. The predicted octanol–water partition coefficient (Wildman–Crippen LogP) is 3.08. The Morgan fingerprint density at radius 2 is 2.06 bits per heavy atom. The van der Waals surface area contributed by atoms with Crippen molar-refractivity contribution in [3.8, 4) is 0 Å². The first-order chi connectivity index (χ1) is 8.74. The van der Waals surface area contributed by atoms with Gasteiger partial charge in [-0.05, 0) is 30.9 Å². The number of hydrogen-bond acceptors (Lipinski definition) is 3. The first-order valence-corrected chi connectivity index (χ1v) is 6.72. The lowest BCUT2D eigenvalue weighted by Gasteiger charge is -2.34. The minimum absolute atomic E-state index is 0.380. The number of rotatable bonds is 3. The van der Waals surface area contributed by atoms with E-state index >= 15 is 0 Å². The van der Waals surface area contributed by atoms with Crippen molar-refractivity contribution in [3.63, 3.8) is 0 Å². The van der Waals surface area contributed by atoms with Crippen LogP contribution in [0.15, 0.2) is 30.6 Å². The lowest BCUT2D eigenvalue weighted by atomic mass is 9.84. The third kappa shape index (κ3) is 2.15. The summed E-state index contributed by atoms with van der Waals surface area (Å²) in [7, 11) is 2.09. The summed E-state index contributed by atoms with van der Waals surface area (Å²) in [6.07, 6.45) is 3.88. The van der Waals surface area contributed by atoms with Crippen LogP contribution in [0.3, 0.4) is 0 Å². The summed E-state index contributed by atoms with van der Waals surface area (Å²) in [5.41, 5.74) is 0.998. The van der Waals surface area contributed by atoms with E-state index in [2.05, 4.69) is 28.0 Å². The Morgan fingerprint density at radius 3 is 2.83 bits per heavy atom. The minimum atomic E-state index is 0.380. The maximum absolute atomic E-state index is 6.02. The number of fused-ring (bicyclic) bond motifs is 1. The van der Waals surface area contributed by atoms with Crippen LogP contribution >= 0.6 is 11.6 Å². The zero-order valence-electron chi connectivity index (χ0n) is 10.4. The highest BCUT2D eigenvalue weighted by molar-refractivity contribution is 6.21. The molecule has 1 saturated carbocycles. The van der Waals surface area contributed by atoms with Crippen molar-refractivity contribution in [2.75, 3.05) is 18.5 Å². The zero-order valence-corrected chi connectivity index (χ0v) is 11.1. The average Bonchev–Trinajstić information content (AvgIpc) is 2.36. The molecule has 1 aliphatic carbocycles. The lowest BCUT2D eigenvalue weighted by molar-refractivity contribution is 0.329. The molecule has 4 heteroatoms. The van der Waals surface area contributed by atoms with Crippen LogP contribution in [0.2, 0.25) is 0 Å². The van der Waals surface area contributed by atoms with E-state index in [1.807, 2.05) is 18.2 Å². The molecule has 3 nitrogen and oxygen atoms in total. The molecule has 0 saturated heterocycles. The van der Waals surface area contributed by atoms with Crippen LogP contribution in [0.5, 0.6) is 0 Å². The number of halogens is 1. The molecule has 0 atom stereocenters. The van der Waals surface area contributed by atoms with Crippen LogP contribution in [0.4, 0.5) is 5.82 Å². The van der Waals surface area contributed by atoms with E-state index in [1.165, 1.54) is 0 Å². The van der Waals surface area contributed by atoms with Gasteiger partial charge in [-0.15, -0.1) is 11.6 Å². The second kappa shape index (κ2) is 4.73. The lowest BCUT2D eigenvalue weighted by Crippen LogP contribution is -2.35. The minimum Gasteiger partial charge on any atom is -0.359 e. The predicted molar refractivity (Wildman–Crippen MR) is 75.2 cm³/mol. The Hall–Kier alpha value is -1.35. The van der Waals surface area contributed by atoms with E-state index in [0.29, 0.717) is 11.3 Å². The van der Waals surface area contributed by atoms with E-state index < -0.39 is 0 Å². The Bertz CT molecular complexity index is 546. The number of aromatic nitrogens is 2. The molecule has 1 aromatic heterocycles. The molecule has 94 valence electrons. The van der Waals surface area contributed by atoms with E-state index in [0.717, 1.165) is 36.1 Å². The molecule has 0 aliphatic heterocycles. The highest BCUT2D eigenvalue weighted by Crippen LogP contribution is 2.33. The van der Waals surface area contributed by atoms with E-state index in [-0.39, 0.29) is 0 Å². The van der Waals surface area contributed by atoms with Gasteiger partial charge in [-0.1, -0.05) is 12.1 Å². The molecule has 1 aliphatic rings. The summed E-state index contributed by atoms with van der Waals surface area (Å²) in [6.45, 7) is 1.02. The molecule has 18 heavy (non-hydrogen) atoms. The highest BCUT2D eigenvalue weighted by atomic mass is 35.5. The molecule has 3 rings (SSSR count). The van der Waals surface area contributed by atoms with Crippen LogP contribution in [0.1, 0.15) is 12.8 Å². The van der Waals surface area contributed by atoms with Crippen LogP contribution in [-0.2, 0) is 0 Å². The van der Waals surface area contributed by atoms with Crippen molar-refractivity contribution in [2.24, 2.45) is 5.92 Å². The first-order valence-electron chi connectivity index (χ1n) is 6.29. The second-order valence-electron chi connectivity index (χ2n) is 5.03.